The van der Waals surface area contributed by atoms with Crippen molar-refractivity contribution in [2.45, 2.75) is 19.8 Å². The van der Waals surface area contributed by atoms with Gasteiger partial charge < -0.3 is 15.2 Å². The third-order valence-corrected chi connectivity index (χ3v) is 4.10. The van der Waals surface area contributed by atoms with E-state index in [4.69, 9.17) is 10.3 Å². The summed E-state index contributed by atoms with van der Waals surface area (Å²) in [6.45, 7) is 2.76. The van der Waals surface area contributed by atoms with Crippen molar-refractivity contribution in [2.24, 2.45) is 11.7 Å². The Morgan fingerprint density at radius 1 is 1.26 bits per heavy atom. The number of aromatic nitrogens is 2. The molecule has 2 aromatic rings. The van der Waals surface area contributed by atoms with Gasteiger partial charge >= 0.3 is 0 Å². The van der Waals surface area contributed by atoms with Crippen molar-refractivity contribution in [1.82, 2.24) is 15.0 Å². The summed E-state index contributed by atoms with van der Waals surface area (Å²) in [5.74, 6) is 0.314. The minimum Gasteiger partial charge on any atom is -0.369 e. The van der Waals surface area contributed by atoms with Crippen LogP contribution in [0, 0.1) is 12.8 Å². The number of rotatable bonds is 3. The van der Waals surface area contributed by atoms with Crippen LogP contribution in [-0.2, 0) is 4.79 Å². The van der Waals surface area contributed by atoms with Crippen LogP contribution in [0.3, 0.4) is 0 Å². The average Bonchev–Trinajstić information content (AvgIpc) is 3.00. The number of primary amides is 1. The topological polar surface area (TPSA) is 102 Å². The van der Waals surface area contributed by atoms with Crippen LogP contribution in [0.2, 0.25) is 0 Å². The highest BCUT2D eigenvalue weighted by Crippen LogP contribution is 2.25. The summed E-state index contributed by atoms with van der Waals surface area (Å²) in [6.07, 6.45) is 1.20. The summed E-state index contributed by atoms with van der Waals surface area (Å²) >= 11 is 0. The number of hydrogen-bond acceptors (Lipinski definition) is 5. The molecule has 7 nitrogen and oxygen atoms in total. The van der Waals surface area contributed by atoms with Gasteiger partial charge in [-0.25, -0.2) is 0 Å². The van der Waals surface area contributed by atoms with Crippen LogP contribution >= 0.6 is 0 Å². The molecule has 1 saturated heterocycles. The van der Waals surface area contributed by atoms with Gasteiger partial charge in [-0.15, -0.1) is 0 Å². The van der Waals surface area contributed by atoms with Gasteiger partial charge in [0.15, 0.2) is 5.82 Å². The minimum atomic E-state index is -0.293. The maximum Gasteiger partial charge on any atom is 0.258 e. The molecule has 1 aromatic heterocycles. The lowest BCUT2D eigenvalue weighted by molar-refractivity contribution is -0.123. The highest BCUT2D eigenvalue weighted by Gasteiger charge is 2.28. The molecule has 2 N–H and O–H groups in total. The van der Waals surface area contributed by atoms with E-state index < -0.39 is 0 Å². The zero-order valence-electron chi connectivity index (χ0n) is 12.9. The van der Waals surface area contributed by atoms with Gasteiger partial charge in [0.1, 0.15) is 0 Å². The fourth-order valence-electron chi connectivity index (χ4n) is 2.80. The van der Waals surface area contributed by atoms with Crippen molar-refractivity contribution >= 4 is 11.8 Å². The van der Waals surface area contributed by atoms with Crippen molar-refractivity contribution in [3.63, 3.8) is 0 Å². The van der Waals surface area contributed by atoms with E-state index in [1.54, 1.807) is 30.0 Å². The fourth-order valence-corrected chi connectivity index (χ4v) is 2.80. The highest BCUT2D eigenvalue weighted by atomic mass is 16.5. The maximum atomic E-state index is 12.8. The quantitative estimate of drug-likeness (QED) is 0.922. The Morgan fingerprint density at radius 2 is 1.96 bits per heavy atom. The SMILES string of the molecule is Cc1noc(-c2ccccc2C(=O)N2CCC(C(N)=O)CC2)n1. The monoisotopic (exact) mass is 314 g/mol. The predicted octanol–water partition coefficient (Wildman–Crippen LogP) is 1.38. The molecule has 0 aliphatic carbocycles. The van der Waals surface area contributed by atoms with Gasteiger partial charge in [-0.2, -0.15) is 4.98 Å². The van der Waals surface area contributed by atoms with Gasteiger partial charge in [0, 0.05) is 19.0 Å². The molecule has 1 aromatic carbocycles. The van der Waals surface area contributed by atoms with Gasteiger partial charge in [0.05, 0.1) is 11.1 Å². The van der Waals surface area contributed by atoms with Crippen molar-refractivity contribution < 1.29 is 14.1 Å². The molecular formula is C16H18N4O3. The highest BCUT2D eigenvalue weighted by molar-refractivity contribution is 6.00. The average molecular weight is 314 g/mol. The molecule has 7 heteroatoms. The normalized spacial score (nSPS) is 15.6. The molecule has 1 aliphatic rings. The Balaban J connectivity index is 1.82. The van der Waals surface area contributed by atoms with Crippen LogP contribution in [-0.4, -0.2) is 39.9 Å². The first-order chi connectivity index (χ1) is 11.1. The zero-order valence-corrected chi connectivity index (χ0v) is 12.9. The molecule has 0 radical (unpaired) electrons. The van der Waals surface area contributed by atoms with Crippen LogP contribution in [0.5, 0.6) is 0 Å². The number of carbonyl (C=O) groups is 2. The minimum absolute atomic E-state index is 0.0978. The first-order valence-corrected chi connectivity index (χ1v) is 7.54. The summed E-state index contributed by atoms with van der Waals surface area (Å²) in [7, 11) is 0. The summed E-state index contributed by atoms with van der Waals surface area (Å²) in [5.41, 5.74) is 6.47. The van der Waals surface area contributed by atoms with Crippen LogP contribution < -0.4 is 5.73 Å². The van der Waals surface area contributed by atoms with Crippen LogP contribution in [0.4, 0.5) is 0 Å². The number of benzene rings is 1. The largest absolute Gasteiger partial charge is 0.369 e. The first-order valence-electron chi connectivity index (χ1n) is 7.54. The molecular weight excluding hydrogens is 296 g/mol. The molecule has 1 aliphatic heterocycles. The molecule has 0 saturated carbocycles. The Morgan fingerprint density at radius 3 is 2.57 bits per heavy atom. The standard InChI is InChI=1S/C16H18N4O3/c1-10-18-15(23-19-10)12-4-2-3-5-13(12)16(22)20-8-6-11(7-9-20)14(17)21/h2-5,11H,6-9H2,1H3,(H2,17,21). The van der Waals surface area contributed by atoms with Crippen LogP contribution in [0.15, 0.2) is 28.8 Å². The van der Waals surface area contributed by atoms with E-state index >= 15 is 0 Å². The predicted molar refractivity (Wildman–Crippen MR) is 82.3 cm³/mol. The zero-order chi connectivity index (χ0) is 16.4. The molecule has 2 amide bonds. The molecule has 0 spiro atoms. The molecule has 2 heterocycles. The Kier molecular flexibility index (Phi) is 4.10. The molecule has 0 unspecified atom stereocenters. The number of nitrogens with two attached hydrogens (primary N) is 1. The number of carbonyl (C=O) groups excluding carboxylic acids is 2. The Hall–Kier alpha value is -2.70. The number of likely N-dealkylation sites (tertiary alicyclic amines) is 1. The third-order valence-electron chi connectivity index (χ3n) is 4.10. The summed E-state index contributed by atoms with van der Waals surface area (Å²) in [4.78, 5) is 30.0. The van der Waals surface area contributed by atoms with Gasteiger partial charge in [-0.3, -0.25) is 9.59 Å². The van der Waals surface area contributed by atoms with Crippen molar-refractivity contribution in [2.75, 3.05) is 13.1 Å². The molecule has 23 heavy (non-hydrogen) atoms. The lowest BCUT2D eigenvalue weighted by Crippen LogP contribution is -2.41. The van der Waals surface area contributed by atoms with E-state index in [1.165, 1.54) is 0 Å². The number of aryl methyl sites for hydroxylation is 1. The lowest BCUT2D eigenvalue weighted by atomic mass is 9.95. The lowest BCUT2D eigenvalue weighted by Gasteiger charge is -2.30. The van der Waals surface area contributed by atoms with E-state index in [0.29, 0.717) is 48.8 Å². The Labute approximate surface area is 133 Å². The second kappa shape index (κ2) is 6.20. The number of amides is 2. The van der Waals surface area contributed by atoms with Crippen LogP contribution in [0.25, 0.3) is 11.5 Å². The smallest absolute Gasteiger partial charge is 0.258 e. The molecule has 1 fully saturated rings. The summed E-state index contributed by atoms with van der Waals surface area (Å²) in [6, 6.07) is 7.16. The second-order valence-corrected chi connectivity index (χ2v) is 5.66. The molecule has 0 atom stereocenters. The molecule has 3 rings (SSSR count). The van der Waals surface area contributed by atoms with E-state index in [9.17, 15) is 9.59 Å². The first kappa shape index (κ1) is 15.2. The fraction of sp³-hybridized carbons (Fsp3) is 0.375. The van der Waals surface area contributed by atoms with Gasteiger partial charge in [-0.1, -0.05) is 17.3 Å². The van der Waals surface area contributed by atoms with Crippen molar-refractivity contribution in [1.29, 1.82) is 0 Å². The van der Waals surface area contributed by atoms with Crippen molar-refractivity contribution in [3.05, 3.63) is 35.7 Å². The van der Waals surface area contributed by atoms with Gasteiger partial charge in [0.2, 0.25) is 5.91 Å². The number of piperidine rings is 1. The number of nitrogens with zero attached hydrogens (tertiary/aromatic N) is 3. The third kappa shape index (κ3) is 3.08. The Bertz CT molecular complexity index is 732. The van der Waals surface area contributed by atoms with E-state index in [0.717, 1.165) is 0 Å². The summed E-state index contributed by atoms with van der Waals surface area (Å²) < 4.78 is 5.18. The van der Waals surface area contributed by atoms with Crippen molar-refractivity contribution in [3.8, 4) is 11.5 Å². The maximum absolute atomic E-state index is 12.8. The van der Waals surface area contributed by atoms with E-state index in [2.05, 4.69) is 10.1 Å². The molecule has 120 valence electrons. The van der Waals surface area contributed by atoms with Crippen LogP contribution in [0.1, 0.15) is 29.0 Å². The van der Waals surface area contributed by atoms with E-state index in [-0.39, 0.29) is 17.7 Å². The van der Waals surface area contributed by atoms with E-state index in [1.807, 2.05) is 6.07 Å². The number of hydrogen-bond donors (Lipinski definition) is 1. The summed E-state index contributed by atoms with van der Waals surface area (Å²) in [5, 5.41) is 3.77. The van der Waals surface area contributed by atoms with Gasteiger partial charge in [0.25, 0.3) is 11.8 Å². The van der Waals surface area contributed by atoms with Gasteiger partial charge in [-0.05, 0) is 31.9 Å². The molecule has 0 bridgehead atoms. The second-order valence-electron chi connectivity index (χ2n) is 5.66.